The van der Waals surface area contributed by atoms with Crippen LogP contribution in [0.5, 0.6) is 0 Å². The quantitative estimate of drug-likeness (QED) is 0.876. The zero-order valence-corrected chi connectivity index (χ0v) is 12.0. The van der Waals surface area contributed by atoms with Crippen LogP contribution in [0.1, 0.15) is 5.01 Å². The number of hydrogen-bond donors (Lipinski definition) is 1. The predicted molar refractivity (Wildman–Crippen MR) is 69.7 cm³/mol. The normalized spacial score (nSPS) is 11.5. The highest BCUT2D eigenvalue weighted by Crippen LogP contribution is 2.24. The summed E-state index contributed by atoms with van der Waals surface area (Å²) in [6, 6.07) is 1.22. The van der Waals surface area contributed by atoms with Crippen molar-refractivity contribution in [2.75, 3.05) is 4.72 Å². The molecule has 2 rings (SSSR count). The van der Waals surface area contributed by atoms with Crippen LogP contribution < -0.4 is 4.72 Å². The van der Waals surface area contributed by atoms with Gasteiger partial charge in [-0.05, 0) is 13.0 Å². The van der Waals surface area contributed by atoms with Crippen LogP contribution >= 0.6 is 34.5 Å². The summed E-state index contributed by atoms with van der Waals surface area (Å²) in [6.45, 7) is 1.72. The monoisotopic (exact) mass is 324 g/mol. The summed E-state index contributed by atoms with van der Waals surface area (Å²) in [5.41, 5.74) is 0. The molecule has 18 heavy (non-hydrogen) atoms. The van der Waals surface area contributed by atoms with E-state index in [1.54, 1.807) is 6.92 Å². The average molecular weight is 325 g/mol. The largest absolute Gasteiger partial charge is 0.265 e. The van der Waals surface area contributed by atoms with Crippen LogP contribution in [0, 0.1) is 6.92 Å². The number of nitrogens with one attached hydrogen (secondary N) is 1. The predicted octanol–water partition coefficient (Wildman–Crippen LogP) is 2.35. The summed E-state index contributed by atoms with van der Waals surface area (Å²) in [5, 5.41) is 8.31. The summed E-state index contributed by atoms with van der Waals surface area (Å²) >= 11 is 12.5. The number of halogens is 2. The molecule has 2 aromatic rings. The molecular weight excluding hydrogens is 319 g/mol. The molecule has 0 saturated carbocycles. The maximum Gasteiger partial charge on any atom is 0.265 e. The lowest BCUT2D eigenvalue weighted by atomic mass is 10.5. The van der Waals surface area contributed by atoms with E-state index >= 15 is 0 Å². The molecule has 0 radical (unpaired) electrons. The summed E-state index contributed by atoms with van der Waals surface area (Å²) < 4.78 is 26.2. The van der Waals surface area contributed by atoms with Crippen LogP contribution in [-0.4, -0.2) is 23.6 Å². The van der Waals surface area contributed by atoms with E-state index in [1.165, 1.54) is 6.07 Å². The first-order valence-electron chi connectivity index (χ1n) is 4.52. The van der Waals surface area contributed by atoms with Crippen LogP contribution in [0.3, 0.4) is 0 Å². The van der Waals surface area contributed by atoms with Crippen molar-refractivity contribution in [3.8, 4) is 0 Å². The van der Waals surface area contributed by atoms with Crippen molar-refractivity contribution in [1.29, 1.82) is 0 Å². The second-order valence-electron chi connectivity index (χ2n) is 3.18. The van der Waals surface area contributed by atoms with Gasteiger partial charge < -0.3 is 0 Å². The number of rotatable bonds is 3. The molecule has 0 fully saturated rings. The number of pyridine rings is 1. The Morgan fingerprint density at radius 3 is 2.61 bits per heavy atom. The third-order valence-corrected chi connectivity index (χ3v) is 4.70. The van der Waals surface area contributed by atoms with Crippen LogP contribution in [-0.2, 0) is 10.0 Å². The van der Waals surface area contributed by atoms with E-state index in [1.807, 2.05) is 0 Å². The Balaban J connectivity index is 2.33. The van der Waals surface area contributed by atoms with E-state index in [0.717, 1.165) is 17.5 Å². The maximum absolute atomic E-state index is 12.0. The molecule has 10 heteroatoms. The van der Waals surface area contributed by atoms with Crippen molar-refractivity contribution in [3.63, 3.8) is 0 Å². The summed E-state index contributed by atoms with van der Waals surface area (Å²) in [6.07, 6.45) is 1.12. The van der Waals surface area contributed by atoms with Crippen molar-refractivity contribution in [1.82, 2.24) is 15.2 Å². The maximum atomic E-state index is 12.0. The molecule has 0 atom stereocenters. The number of aromatic nitrogens is 3. The van der Waals surface area contributed by atoms with E-state index in [2.05, 4.69) is 19.9 Å². The Bertz CT molecular complexity index is 686. The summed E-state index contributed by atoms with van der Waals surface area (Å²) in [7, 11) is -3.79. The van der Waals surface area contributed by atoms with E-state index in [-0.39, 0.29) is 20.2 Å². The van der Waals surface area contributed by atoms with E-state index in [9.17, 15) is 8.42 Å². The minimum atomic E-state index is -3.79. The molecule has 2 aromatic heterocycles. The van der Waals surface area contributed by atoms with Gasteiger partial charge >= 0.3 is 0 Å². The average Bonchev–Trinajstić information content (AvgIpc) is 2.67. The first-order valence-corrected chi connectivity index (χ1v) is 7.58. The number of sulfonamides is 1. The van der Waals surface area contributed by atoms with Gasteiger partial charge in [0.2, 0.25) is 5.13 Å². The van der Waals surface area contributed by atoms with Gasteiger partial charge in [0, 0.05) is 6.20 Å². The Hall–Kier alpha value is -0.960. The second kappa shape index (κ2) is 4.96. The minimum absolute atomic E-state index is 0.0439. The van der Waals surface area contributed by atoms with Crippen molar-refractivity contribution < 1.29 is 8.42 Å². The smallest absolute Gasteiger partial charge is 0.253 e. The summed E-state index contributed by atoms with van der Waals surface area (Å²) in [5.74, 6) is 0. The van der Waals surface area contributed by atoms with Gasteiger partial charge in [0.25, 0.3) is 10.0 Å². The third-order valence-electron chi connectivity index (χ3n) is 1.83. The Kier molecular flexibility index (Phi) is 3.71. The number of anilines is 1. The van der Waals surface area contributed by atoms with Gasteiger partial charge in [-0.25, -0.2) is 13.4 Å². The minimum Gasteiger partial charge on any atom is -0.253 e. The van der Waals surface area contributed by atoms with E-state index in [4.69, 9.17) is 23.2 Å². The first-order chi connectivity index (χ1) is 8.38. The molecule has 0 unspecified atom stereocenters. The fourth-order valence-corrected chi connectivity index (χ4v) is 3.19. The zero-order valence-electron chi connectivity index (χ0n) is 8.89. The van der Waals surface area contributed by atoms with E-state index < -0.39 is 10.0 Å². The van der Waals surface area contributed by atoms with Gasteiger partial charge in [0.05, 0.1) is 5.02 Å². The molecular formula is C8H6Cl2N4O2S2. The summed E-state index contributed by atoms with van der Waals surface area (Å²) in [4.78, 5) is 3.58. The molecule has 0 aliphatic rings. The molecule has 0 amide bonds. The van der Waals surface area contributed by atoms with Crippen molar-refractivity contribution >= 4 is 49.7 Å². The van der Waals surface area contributed by atoms with Gasteiger partial charge in [0.1, 0.15) is 15.1 Å². The Morgan fingerprint density at radius 2 is 2.06 bits per heavy atom. The molecule has 0 spiro atoms. The van der Waals surface area contributed by atoms with Crippen molar-refractivity contribution in [2.45, 2.75) is 11.8 Å². The SMILES string of the molecule is Cc1nnc(NS(=O)(=O)c2cnc(Cl)c(Cl)c2)s1. The van der Waals surface area contributed by atoms with Crippen LogP contribution in [0.4, 0.5) is 5.13 Å². The number of nitrogens with zero attached hydrogens (tertiary/aromatic N) is 3. The molecule has 0 saturated heterocycles. The highest BCUT2D eigenvalue weighted by atomic mass is 35.5. The second-order valence-corrected chi connectivity index (χ2v) is 6.80. The van der Waals surface area contributed by atoms with Crippen molar-refractivity contribution in [3.05, 3.63) is 27.4 Å². The van der Waals surface area contributed by atoms with Gasteiger partial charge in [0.15, 0.2) is 0 Å². The topological polar surface area (TPSA) is 84.8 Å². The third kappa shape index (κ3) is 2.89. The fraction of sp³-hybridized carbons (Fsp3) is 0.125. The van der Waals surface area contributed by atoms with Crippen LogP contribution in [0.2, 0.25) is 10.2 Å². The molecule has 2 heterocycles. The fourth-order valence-electron chi connectivity index (χ4n) is 1.06. The highest BCUT2D eigenvalue weighted by molar-refractivity contribution is 7.93. The molecule has 0 aliphatic heterocycles. The molecule has 96 valence electrons. The van der Waals surface area contributed by atoms with Crippen LogP contribution in [0.25, 0.3) is 0 Å². The zero-order chi connectivity index (χ0) is 13.3. The van der Waals surface area contributed by atoms with Gasteiger partial charge in [-0.15, -0.1) is 10.2 Å². The molecule has 6 nitrogen and oxygen atoms in total. The lowest BCUT2D eigenvalue weighted by Crippen LogP contribution is -2.13. The molecule has 0 bridgehead atoms. The van der Waals surface area contributed by atoms with Gasteiger partial charge in [-0.1, -0.05) is 34.5 Å². The standard InChI is InChI=1S/C8H6Cl2N4O2S2/c1-4-12-13-8(17-4)14-18(15,16)5-2-6(9)7(10)11-3-5/h2-3H,1H3,(H,13,14). The lowest BCUT2D eigenvalue weighted by Gasteiger charge is -2.04. The van der Waals surface area contributed by atoms with Gasteiger partial charge in [-0.3, -0.25) is 4.72 Å². The first kappa shape index (κ1) is 13.5. The van der Waals surface area contributed by atoms with Gasteiger partial charge in [-0.2, -0.15) is 0 Å². The number of aryl methyl sites for hydroxylation is 1. The molecule has 1 N–H and O–H groups in total. The number of hydrogen-bond acceptors (Lipinski definition) is 6. The lowest BCUT2D eigenvalue weighted by molar-refractivity contribution is 0.600. The Morgan fingerprint density at radius 1 is 1.33 bits per heavy atom. The Labute approximate surface area is 117 Å². The van der Waals surface area contributed by atoms with Crippen molar-refractivity contribution in [2.24, 2.45) is 0 Å². The highest BCUT2D eigenvalue weighted by Gasteiger charge is 2.18. The van der Waals surface area contributed by atoms with E-state index in [0.29, 0.717) is 5.01 Å². The van der Waals surface area contributed by atoms with Crippen LogP contribution in [0.15, 0.2) is 17.2 Å². The molecule has 0 aliphatic carbocycles. The molecule has 0 aromatic carbocycles.